The molecule has 3 aromatic rings. The van der Waals surface area contributed by atoms with Gasteiger partial charge >= 0.3 is 0 Å². The third-order valence-corrected chi connectivity index (χ3v) is 4.14. The highest BCUT2D eigenvalue weighted by atomic mass is 32.1. The van der Waals surface area contributed by atoms with Crippen LogP contribution in [0.25, 0.3) is 10.6 Å². The number of aromatic amines is 1. The number of benzene rings is 1. The van der Waals surface area contributed by atoms with E-state index in [0.29, 0.717) is 0 Å². The van der Waals surface area contributed by atoms with E-state index in [1.807, 2.05) is 6.20 Å². The van der Waals surface area contributed by atoms with Gasteiger partial charge in [-0.05, 0) is 23.9 Å². The van der Waals surface area contributed by atoms with Gasteiger partial charge in [-0.15, -0.1) is 11.3 Å². The molecule has 2 N–H and O–H groups in total. The van der Waals surface area contributed by atoms with Gasteiger partial charge < -0.3 is 5.32 Å². The lowest BCUT2D eigenvalue weighted by molar-refractivity contribution is 0.694. The van der Waals surface area contributed by atoms with Crippen LogP contribution in [0.4, 0.5) is 0 Å². The van der Waals surface area contributed by atoms with Gasteiger partial charge in [-0.3, -0.25) is 5.10 Å². The Morgan fingerprint density at radius 3 is 2.75 bits per heavy atom. The van der Waals surface area contributed by atoms with Crippen molar-refractivity contribution >= 4 is 11.3 Å². The van der Waals surface area contributed by atoms with Crippen LogP contribution in [0.2, 0.25) is 0 Å². The zero-order valence-corrected chi connectivity index (χ0v) is 12.2. The summed E-state index contributed by atoms with van der Waals surface area (Å²) in [6.07, 6.45) is 1.90. The zero-order valence-electron chi connectivity index (χ0n) is 11.4. The van der Waals surface area contributed by atoms with Crippen molar-refractivity contribution in [3.8, 4) is 10.6 Å². The quantitative estimate of drug-likeness (QED) is 0.749. The first kappa shape index (κ1) is 13.1. The van der Waals surface area contributed by atoms with Crippen LogP contribution in [0.3, 0.4) is 0 Å². The van der Waals surface area contributed by atoms with Crippen molar-refractivity contribution in [3.05, 3.63) is 64.7 Å². The predicted octanol–water partition coefficient (Wildman–Crippen LogP) is 3.74. The van der Waals surface area contributed by atoms with Crippen molar-refractivity contribution in [1.82, 2.24) is 15.5 Å². The second-order valence-corrected chi connectivity index (χ2v) is 5.78. The molecule has 0 aliphatic heterocycles. The summed E-state index contributed by atoms with van der Waals surface area (Å²) in [5, 5.41) is 12.8. The molecule has 0 saturated heterocycles. The molecule has 0 unspecified atom stereocenters. The van der Waals surface area contributed by atoms with Crippen molar-refractivity contribution in [3.63, 3.8) is 0 Å². The predicted molar refractivity (Wildman–Crippen MR) is 83.6 cm³/mol. The molecule has 0 atom stereocenters. The van der Waals surface area contributed by atoms with E-state index < -0.39 is 0 Å². The number of aromatic nitrogens is 2. The maximum Gasteiger partial charge on any atom is 0.0794 e. The standard InChI is InChI=1S/C16H17N3S/c1-12-4-6-13(7-5-12)9-17-10-14-11-18-19-16(14)15-3-2-8-20-15/h2-8,11,17H,9-10H2,1H3,(H,18,19). The lowest BCUT2D eigenvalue weighted by atomic mass is 10.1. The molecule has 20 heavy (non-hydrogen) atoms. The number of H-pyrrole nitrogens is 1. The zero-order chi connectivity index (χ0) is 13.8. The van der Waals surface area contributed by atoms with Gasteiger partial charge in [-0.1, -0.05) is 35.9 Å². The summed E-state index contributed by atoms with van der Waals surface area (Å²) in [5.41, 5.74) is 4.93. The monoisotopic (exact) mass is 283 g/mol. The maximum atomic E-state index is 4.16. The smallest absolute Gasteiger partial charge is 0.0794 e. The Morgan fingerprint density at radius 2 is 2.00 bits per heavy atom. The van der Waals surface area contributed by atoms with Gasteiger partial charge in [0.05, 0.1) is 16.8 Å². The number of aryl methyl sites for hydroxylation is 1. The normalized spacial score (nSPS) is 10.8. The van der Waals surface area contributed by atoms with E-state index >= 15 is 0 Å². The molecule has 3 rings (SSSR count). The molecule has 4 heteroatoms. The summed E-state index contributed by atoms with van der Waals surface area (Å²) in [4.78, 5) is 1.23. The molecule has 0 amide bonds. The third kappa shape index (κ3) is 2.98. The van der Waals surface area contributed by atoms with E-state index in [0.717, 1.165) is 18.8 Å². The van der Waals surface area contributed by atoms with Crippen molar-refractivity contribution in [2.45, 2.75) is 20.0 Å². The first-order chi connectivity index (χ1) is 9.83. The summed E-state index contributed by atoms with van der Waals surface area (Å²) in [6, 6.07) is 12.8. The van der Waals surface area contributed by atoms with Gasteiger partial charge in [0.2, 0.25) is 0 Å². The van der Waals surface area contributed by atoms with Crippen LogP contribution in [-0.4, -0.2) is 10.2 Å². The number of nitrogens with zero attached hydrogens (tertiary/aromatic N) is 1. The van der Waals surface area contributed by atoms with Gasteiger partial charge in [-0.2, -0.15) is 5.10 Å². The summed E-state index contributed by atoms with van der Waals surface area (Å²) in [7, 11) is 0. The molecule has 0 radical (unpaired) electrons. The van der Waals surface area contributed by atoms with Crippen LogP contribution >= 0.6 is 11.3 Å². The summed E-state index contributed by atoms with van der Waals surface area (Å²) < 4.78 is 0. The maximum absolute atomic E-state index is 4.16. The fraction of sp³-hybridized carbons (Fsp3) is 0.188. The summed E-state index contributed by atoms with van der Waals surface area (Å²) >= 11 is 1.73. The Labute approximate surface area is 122 Å². The van der Waals surface area contributed by atoms with E-state index in [-0.39, 0.29) is 0 Å². The second-order valence-electron chi connectivity index (χ2n) is 4.84. The van der Waals surface area contributed by atoms with Gasteiger partial charge in [-0.25, -0.2) is 0 Å². The van der Waals surface area contributed by atoms with Crippen LogP contribution in [0.1, 0.15) is 16.7 Å². The molecule has 0 saturated carbocycles. The number of nitrogens with one attached hydrogen (secondary N) is 2. The van der Waals surface area contributed by atoms with Crippen molar-refractivity contribution in [2.24, 2.45) is 0 Å². The largest absolute Gasteiger partial charge is 0.308 e. The Bertz CT molecular complexity index is 653. The molecule has 1 aromatic carbocycles. The van der Waals surface area contributed by atoms with Gasteiger partial charge in [0, 0.05) is 18.7 Å². The van der Waals surface area contributed by atoms with E-state index in [9.17, 15) is 0 Å². The molecule has 102 valence electrons. The molecule has 0 bridgehead atoms. The summed E-state index contributed by atoms with van der Waals surface area (Å²) in [5.74, 6) is 0. The highest BCUT2D eigenvalue weighted by molar-refractivity contribution is 7.13. The molecule has 0 spiro atoms. The first-order valence-corrected chi connectivity index (χ1v) is 7.53. The highest BCUT2D eigenvalue weighted by Crippen LogP contribution is 2.25. The molecule has 2 aromatic heterocycles. The Hall–Kier alpha value is -1.91. The van der Waals surface area contributed by atoms with E-state index in [2.05, 4.69) is 64.2 Å². The lowest BCUT2D eigenvalue weighted by Gasteiger charge is -2.05. The molecule has 0 aliphatic carbocycles. The molecule has 0 aliphatic rings. The molecule has 2 heterocycles. The number of rotatable bonds is 5. The molecule has 0 fully saturated rings. The number of hydrogen-bond donors (Lipinski definition) is 2. The van der Waals surface area contributed by atoms with Crippen LogP contribution in [0.15, 0.2) is 48.0 Å². The Morgan fingerprint density at radius 1 is 1.15 bits per heavy atom. The minimum Gasteiger partial charge on any atom is -0.308 e. The molecular weight excluding hydrogens is 266 g/mol. The van der Waals surface area contributed by atoms with E-state index in [1.54, 1.807) is 11.3 Å². The minimum absolute atomic E-state index is 0.817. The fourth-order valence-electron chi connectivity index (χ4n) is 2.13. The number of hydrogen-bond acceptors (Lipinski definition) is 3. The Kier molecular flexibility index (Phi) is 3.95. The van der Waals surface area contributed by atoms with Crippen LogP contribution in [0.5, 0.6) is 0 Å². The minimum atomic E-state index is 0.817. The third-order valence-electron chi connectivity index (χ3n) is 3.25. The van der Waals surface area contributed by atoms with Crippen molar-refractivity contribution in [1.29, 1.82) is 0 Å². The van der Waals surface area contributed by atoms with Crippen LogP contribution < -0.4 is 5.32 Å². The second kappa shape index (κ2) is 6.03. The SMILES string of the molecule is Cc1ccc(CNCc2cn[nH]c2-c2cccs2)cc1. The van der Waals surface area contributed by atoms with Gasteiger partial charge in [0.15, 0.2) is 0 Å². The van der Waals surface area contributed by atoms with E-state index in [1.165, 1.54) is 21.6 Å². The number of thiophene rings is 1. The van der Waals surface area contributed by atoms with Crippen LogP contribution in [0, 0.1) is 6.92 Å². The fourth-order valence-corrected chi connectivity index (χ4v) is 2.88. The van der Waals surface area contributed by atoms with Gasteiger partial charge in [0.1, 0.15) is 0 Å². The average Bonchev–Trinajstić information content (AvgIpc) is 3.11. The molecular formula is C16H17N3S. The van der Waals surface area contributed by atoms with Crippen molar-refractivity contribution in [2.75, 3.05) is 0 Å². The Balaban J connectivity index is 1.62. The van der Waals surface area contributed by atoms with Gasteiger partial charge in [0.25, 0.3) is 0 Å². The van der Waals surface area contributed by atoms with Crippen molar-refractivity contribution < 1.29 is 0 Å². The average molecular weight is 283 g/mol. The van der Waals surface area contributed by atoms with E-state index in [4.69, 9.17) is 0 Å². The topological polar surface area (TPSA) is 40.7 Å². The lowest BCUT2D eigenvalue weighted by Crippen LogP contribution is -2.12. The first-order valence-electron chi connectivity index (χ1n) is 6.65. The molecule has 3 nitrogen and oxygen atoms in total. The highest BCUT2D eigenvalue weighted by Gasteiger charge is 2.07. The summed E-state index contributed by atoms with van der Waals surface area (Å²) in [6.45, 7) is 3.79. The van der Waals surface area contributed by atoms with Crippen LogP contribution in [-0.2, 0) is 13.1 Å².